The maximum Gasteiger partial charge on any atom is 0.174 e. The van der Waals surface area contributed by atoms with Crippen molar-refractivity contribution in [3.8, 4) is 23.0 Å². The molecule has 2 aromatic rings. The van der Waals surface area contributed by atoms with Gasteiger partial charge in [-0.15, -0.1) is 0 Å². The highest BCUT2D eigenvalue weighted by molar-refractivity contribution is 14.1. The molecule has 0 aromatic heterocycles. The van der Waals surface area contributed by atoms with Gasteiger partial charge in [0.15, 0.2) is 23.0 Å². The lowest BCUT2D eigenvalue weighted by atomic mass is 10.3. The first-order valence-electron chi connectivity index (χ1n) is 5.93. The van der Waals surface area contributed by atoms with Gasteiger partial charge in [-0.25, -0.2) is 0 Å². The van der Waals surface area contributed by atoms with Crippen molar-refractivity contribution in [3.63, 3.8) is 0 Å². The zero-order chi connectivity index (χ0) is 15.8. The van der Waals surface area contributed by atoms with E-state index >= 15 is 0 Å². The third-order valence-electron chi connectivity index (χ3n) is 2.52. The van der Waals surface area contributed by atoms with Crippen molar-refractivity contribution in [2.24, 2.45) is 0 Å². The molecule has 0 fully saturated rings. The van der Waals surface area contributed by atoms with Gasteiger partial charge in [0.1, 0.15) is 0 Å². The van der Waals surface area contributed by atoms with E-state index in [1.165, 1.54) is 7.11 Å². The van der Waals surface area contributed by atoms with Crippen molar-refractivity contribution < 1.29 is 19.3 Å². The largest absolute Gasteiger partial charge is 0.504 e. The monoisotopic (exact) mass is 514 g/mol. The Balaban J connectivity index is 0.000000211. The van der Waals surface area contributed by atoms with Gasteiger partial charge in [0.05, 0.1) is 28.5 Å². The maximum atomic E-state index is 9.27. The molecule has 0 saturated heterocycles. The molecule has 0 aliphatic carbocycles. The number of phenolic OH excluding ortho intramolecular Hbond substituents is 1. The Morgan fingerprint density at radius 1 is 0.762 bits per heavy atom. The Bertz CT molecular complexity index is 588. The van der Waals surface area contributed by atoms with Crippen LogP contribution in [0.25, 0.3) is 0 Å². The van der Waals surface area contributed by atoms with E-state index in [1.807, 2.05) is 52.9 Å². The lowest BCUT2D eigenvalue weighted by molar-refractivity contribution is 0.353. The predicted octanol–water partition coefficient (Wildman–Crippen LogP) is 4.31. The molecule has 0 spiro atoms. The van der Waals surface area contributed by atoms with Crippen molar-refractivity contribution in [1.29, 1.82) is 0 Å². The standard InChI is InChI=1S/C8H9IO2.C7H7IO2/c1-10-7-5-3-4-6(9)8(7)11-2;1-10-6-4-2-3-5(8)7(6)9/h3-5H,1-2H3;2-4,9H,1H3. The van der Waals surface area contributed by atoms with Crippen molar-refractivity contribution >= 4 is 45.2 Å². The number of methoxy groups -OCH3 is 3. The SMILES string of the molecule is COc1cccc(I)c1O.COc1cccc(I)c1OC. The van der Waals surface area contributed by atoms with Gasteiger partial charge in [-0.2, -0.15) is 0 Å². The first-order chi connectivity index (χ1) is 10.0. The van der Waals surface area contributed by atoms with Gasteiger partial charge in [0.2, 0.25) is 0 Å². The molecule has 1 N–H and O–H groups in total. The summed E-state index contributed by atoms with van der Waals surface area (Å²) in [6.07, 6.45) is 0. The van der Waals surface area contributed by atoms with Crippen LogP contribution in [0.1, 0.15) is 0 Å². The van der Waals surface area contributed by atoms with E-state index in [0.717, 1.165) is 18.6 Å². The van der Waals surface area contributed by atoms with Crippen molar-refractivity contribution in [2.75, 3.05) is 21.3 Å². The molecule has 0 atom stereocenters. The van der Waals surface area contributed by atoms with Crippen LogP contribution in [0.2, 0.25) is 0 Å². The Kier molecular flexibility index (Phi) is 7.94. The number of ether oxygens (including phenoxy) is 3. The lowest BCUT2D eigenvalue weighted by Crippen LogP contribution is -1.91. The fourth-order valence-corrected chi connectivity index (χ4v) is 2.68. The molecule has 4 nitrogen and oxygen atoms in total. The molecule has 114 valence electrons. The Labute approximate surface area is 151 Å². The number of hydrogen-bond donors (Lipinski definition) is 1. The van der Waals surface area contributed by atoms with Crippen LogP contribution in [0.15, 0.2) is 36.4 Å². The summed E-state index contributed by atoms with van der Waals surface area (Å²) in [5, 5.41) is 9.27. The van der Waals surface area contributed by atoms with E-state index in [-0.39, 0.29) is 5.75 Å². The minimum atomic E-state index is 0.214. The summed E-state index contributed by atoms with van der Waals surface area (Å²) in [6.45, 7) is 0. The van der Waals surface area contributed by atoms with Gasteiger partial charge in [-0.05, 0) is 69.4 Å². The second-order valence-electron chi connectivity index (χ2n) is 3.77. The topological polar surface area (TPSA) is 47.9 Å². The van der Waals surface area contributed by atoms with Crippen molar-refractivity contribution in [3.05, 3.63) is 43.5 Å². The maximum absolute atomic E-state index is 9.27. The molecular weight excluding hydrogens is 498 g/mol. The van der Waals surface area contributed by atoms with Crippen LogP contribution >= 0.6 is 45.2 Å². The fraction of sp³-hybridized carbons (Fsp3) is 0.200. The summed E-state index contributed by atoms with van der Waals surface area (Å²) in [6, 6.07) is 11.2. The molecule has 2 aromatic carbocycles. The number of halogens is 2. The second kappa shape index (κ2) is 9.19. The van der Waals surface area contributed by atoms with Crippen LogP contribution in [0, 0.1) is 7.14 Å². The zero-order valence-corrected chi connectivity index (χ0v) is 16.2. The van der Waals surface area contributed by atoms with Crippen LogP contribution in [0.3, 0.4) is 0 Å². The Morgan fingerprint density at radius 2 is 1.29 bits per heavy atom. The minimum Gasteiger partial charge on any atom is -0.504 e. The molecule has 0 aliphatic heterocycles. The first kappa shape index (κ1) is 18.1. The van der Waals surface area contributed by atoms with Crippen LogP contribution in [-0.2, 0) is 0 Å². The molecule has 0 unspecified atom stereocenters. The highest BCUT2D eigenvalue weighted by Gasteiger charge is 2.05. The summed E-state index contributed by atoms with van der Waals surface area (Å²) in [4.78, 5) is 0. The van der Waals surface area contributed by atoms with Crippen LogP contribution in [0.5, 0.6) is 23.0 Å². The Morgan fingerprint density at radius 3 is 1.71 bits per heavy atom. The normalized spacial score (nSPS) is 9.38. The van der Waals surface area contributed by atoms with Crippen LogP contribution in [0.4, 0.5) is 0 Å². The number of hydrogen-bond acceptors (Lipinski definition) is 4. The van der Waals surface area contributed by atoms with Gasteiger partial charge in [-0.1, -0.05) is 12.1 Å². The van der Waals surface area contributed by atoms with Gasteiger partial charge in [0, 0.05) is 0 Å². The van der Waals surface area contributed by atoms with Crippen LogP contribution in [-0.4, -0.2) is 26.4 Å². The number of aromatic hydroxyl groups is 1. The molecule has 0 amide bonds. The summed E-state index contributed by atoms with van der Waals surface area (Å²) < 4.78 is 17.0. The number of para-hydroxylation sites is 2. The summed E-state index contributed by atoms with van der Waals surface area (Å²) in [5.41, 5.74) is 0. The number of benzene rings is 2. The van der Waals surface area contributed by atoms with E-state index in [1.54, 1.807) is 20.3 Å². The Hall–Kier alpha value is -0.900. The highest BCUT2D eigenvalue weighted by atomic mass is 127. The van der Waals surface area contributed by atoms with Gasteiger partial charge < -0.3 is 19.3 Å². The fourth-order valence-electron chi connectivity index (χ4n) is 1.51. The van der Waals surface area contributed by atoms with E-state index in [0.29, 0.717) is 5.75 Å². The van der Waals surface area contributed by atoms with Crippen molar-refractivity contribution in [2.45, 2.75) is 0 Å². The van der Waals surface area contributed by atoms with Gasteiger partial charge >= 0.3 is 0 Å². The molecule has 0 bridgehead atoms. The summed E-state index contributed by atoms with van der Waals surface area (Å²) in [5.74, 6) is 2.31. The molecule has 0 saturated carbocycles. The third kappa shape index (κ3) is 5.10. The molecule has 0 radical (unpaired) electrons. The van der Waals surface area contributed by atoms with E-state index in [9.17, 15) is 5.11 Å². The number of phenols is 1. The average molecular weight is 514 g/mol. The quantitative estimate of drug-likeness (QED) is 0.621. The van der Waals surface area contributed by atoms with Crippen molar-refractivity contribution in [1.82, 2.24) is 0 Å². The predicted molar refractivity (Wildman–Crippen MR) is 99.6 cm³/mol. The second-order valence-corrected chi connectivity index (χ2v) is 6.09. The summed E-state index contributed by atoms with van der Waals surface area (Å²) in [7, 11) is 4.80. The summed E-state index contributed by atoms with van der Waals surface area (Å²) >= 11 is 4.25. The number of rotatable bonds is 3. The van der Waals surface area contributed by atoms with Gasteiger partial charge in [-0.3, -0.25) is 0 Å². The van der Waals surface area contributed by atoms with E-state index in [2.05, 4.69) is 22.6 Å². The average Bonchev–Trinajstić information content (AvgIpc) is 2.50. The molecule has 21 heavy (non-hydrogen) atoms. The lowest BCUT2D eigenvalue weighted by Gasteiger charge is -2.07. The minimum absolute atomic E-state index is 0.214. The highest BCUT2D eigenvalue weighted by Crippen LogP contribution is 2.31. The third-order valence-corrected chi connectivity index (χ3v) is 4.24. The molecule has 0 heterocycles. The van der Waals surface area contributed by atoms with Crippen LogP contribution < -0.4 is 14.2 Å². The first-order valence-corrected chi connectivity index (χ1v) is 8.08. The molecule has 0 aliphatic rings. The molecule has 2 rings (SSSR count). The van der Waals surface area contributed by atoms with E-state index < -0.39 is 0 Å². The van der Waals surface area contributed by atoms with E-state index in [4.69, 9.17) is 14.2 Å². The molecule has 6 heteroatoms. The smallest absolute Gasteiger partial charge is 0.174 e. The molecular formula is C15H16I2O4. The zero-order valence-electron chi connectivity index (χ0n) is 11.9. The van der Waals surface area contributed by atoms with Gasteiger partial charge in [0.25, 0.3) is 0 Å².